The molecule has 1 aromatic rings. The first-order valence-corrected chi connectivity index (χ1v) is 9.33. The highest BCUT2D eigenvalue weighted by atomic mass is 127. The van der Waals surface area contributed by atoms with E-state index in [0.29, 0.717) is 6.54 Å². The van der Waals surface area contributed by atoms with Gasteiger partial charge < -0.3 is 15.5 Å². The Hall–Kier alpha value is -1.91. The van der Waals surface area contributed by atoms with Crippen molar-refractivity contribution in [3.05, 3.63) is 35.6 Å². The van der Waals surface area contributed by atoms with E-state index in [1.807, 2.05) is 6.92 Å². The van der Waals surface area contributed by atoms with E-state index in [-0.39, 0.29) is 41.6 Å². The lowest BCUT2D eigenvalue weighted by Gasteiger charge is -2.39. The molecule has 1 unspecified atom stereocenters. The van der Waals surface area contributed by atoms with Crippen LogP contribution in [0.1, 0.15) is 32.3 Å². The number of likely N-dealkylation sites (tertiary alicyclic amines) is 1. The molecule has 2 saturated heterocycles. The average Bonchev–Trinajstić information content (AvgIpc) is 2.93. The molecule has 3 amide bonds. The Morgan fingerprint density at radius 1 is 1.29 bits per heavy atom. The van der Waals surface area contributed by atoms with Crippen molar-refractivity contribution in [3.8, 4) is 0 Å². The highest BCUT2D eigenvalue weighted by Gasteiger charge is 2.48. The number of aliphatic imine (C=N–C) groups is 1. The molecule has 9 heteroatoms. The van der Waals surface area contributed by atoms with Crippen LogP contribution in [0.5, 0.6) is 0 Å². The first-order valence-electron chi connectivity index (χ1n) is 9.33. The van der Waals surface area contributed by atoms with Gasteiger partial charge in [-0.3, -0.25) is 10.1 Å². The molecule has 7 nitrogen and oxygen atoms in total. The number of amides is 3. The van der Waals surface area contributed by atoms with E-state index in [0.717, 1.165) is 44.0 Å². The SMILES string of the molecule is CCNC(=NCc1ccc(F)cc1)N1CCC(C2(C)NC(=O)NC2=O)CC1.I. The molecule has 0 bridgehead atoms. The maximum atomic E-state index is 13.0. The van der Waals surface area contributed by atoms with Crippen LogP contribution in [0.2, 0.25) is 0 Å². The summed E-state index contributed by atoms with van der Waals surface area (Å²) in [4.78, 5) is 30.5. The Bertz CT molecular complexity index is 734. The van der Waals surface area contributed by atoms with Gasteiger partial charge in [0, 0.05) is 19.6 Å². The second kappa shape index (κ2) is 9.53. The van der Waals surface area contributed by atoms with Crippen molar-refractivity contribution < 1.29 is 14.0 Å². The summed E-state index contributed by atoms with van der Waals surface area (Å²) in [5.41, 5.74) is 0.104. The van der Waals surface area contributed by atoms with Gasteiger partial charge in [-0.25, -0.2) is 14.2 Å². The number of urea groups is 1. The number of hydrogen-bond donors (Lipinski definition) is 3. The Labute approximate surface area is 181 Å². The molecule has 0 saturated carbocycles. The van der Waals surface area contributed by atoms with E-state index in [1.54, 1.807) is 19.1 Å². The second-order valence-electron chi connectivity index (χ2n) is 7.17. The molecule has 28 heavy (non-hydrogen) atoms. The number of guanidine groups is 1. The van der Waals surface area contributed by atoms with E-state index >= 15 is 0 Å². The lowest BCUT2D eigenvalue weighted by Crippen LogP contribution is -2.55. The average molecular weight is 503 g/mol. The van der Waals surface area contributed by atoms with Crippen LogP contribution in [0.25, 0.3) is 0 Å². The number of carbonyl (C=O) groups is 2. The first-order chi connectivity index (χ1) is 12.9. The number of hydrogen-bond acceptors (Lipinski definition) is 3. The zero-order valence-electron chi connectivity index (χ0n) is 16.1. The van der Waals surface area contributed by atoms with Crippen LogP contribution in [-0.4, -0.2) is 48.0 Å². The highest BCUT2D eigenvalue weighted by Crippen LogP contribution is 2.30. The molecule has 2 fully saturated rings. The summed E-state index contributed by atoms with van der Waals surface area (Å²) in [5.74, 6) is 0.390. The van der Waals surface area contributed by atoms with Crippen LogP contribution in [-0.2, 0) is 11.3 Å². The highest BCUT2D eigenvalue weighted by molar-refractivity contribution is 14.0. The van der Waals surface area contributed by atoms with Crippen molar-refractivity contribution in [3.63, 3.8) is 0 Å². The third-order valence-corrected chi connectivity index (χ3v) is 5.34. The number of nitrogens with zero attached hydrogens (tertiary/aromatic N) is 2. The molecule has 2 heterocycles. The standard InChI is InChI=1S/C19H26FN5O2.HI/c1-3-21-17(22-12-13-4-6-15(20)7-5-13)25-10-8-14(9-11-25)19(2)16(26)23-18(27)24-19;/h4-7,14H,3,8-12H2,1-2H3,(H,21,22)(H2,23,24,26,27);1H. The van der Waals surface area contributed by atoms with Crippen molar-refractivity contribution in [1.29, 1.82) is 0 Å². The normalized spacial score (nSPS) is 23.1. The van der Waals surface area contributed by atoms with Crippen molar-refractivity contribution in [2.24, 2.45) is 10.9 Å². The summed E-state index contributed by atoms with van der Waals surface area (Å²) >= 11 is 0. The molecule has 0 radical (unpaired) electrons. The van der Waals surface area contributed by atoms with Crippen LogP contribution < -0.4 is 16.0 Å². The van der Waals surface area contributed by atoms with Crippen LogP contribution in [0.3, 0.4) is 0 Å². The number of nitrogens with one attached hydrogen (secondary N) is 3. The minimum Gasteiger partial charge on any atom is -0.357 e. The smallest absolute Gasteiger partial charge is 0.322 e. The minimum atomic E-state index is -0.841. The second-order valence-corrected chi connectivity index (χ2v) is 7.17. The molecule has 2 aliphatic heterocycles. The van der Waals surface area contributed by atoms with Gasteiger partial charge in [0.25, 0.3) is 5.91 Å². The third kappa shape index (κ3) is 4.92. The van der Waals surface area contributed by atoms with Crippen LogP contribution in [0.4, 0.5) is 9.18 Å². The van der Waals surface area contributed by atoms with Gasteiger partial charge >= 0.3 is 6.03 Å². The summed E-state index contributed by atoms with van der Waals surface area (Å²) in [5, 5.41) is 8.41. The molecular weight excluding hydrogens is 476 g/mol. The summed E-state index contributed by atoms with van der Waals surface area (Å²) in [6.45, 7) is 6.52. The Kier molecular flexibility index (Phi) is 7.62. The molecule has 3 rings (SSSR count). The lowest BCUT2D eigenvalue weighted by atomic mass is 9.79. The van der Waals surface area contributed by atoms with Crippen LogP contribution in [0.15, 0.2) is 29.3 Å². The summed E-state index contributed by atoms with van der Waals surface area (Å²) in [6.07, 6.45) is 1.57. The lowest BCUT2D eigenvalue weighted by molar-refractivity contribution is -0.125. The monoisotopic (exact) mass is 503 g/mol. The van der Waals surface area contributed by atoms with E-state index in [4.69, 9.17) is 0 Å². The predicted molar refractivity (Wildman–Crippen MR) is 116 cm³/mol. The molecule has 3 N–H and O–H groups in total. The third-order valence-electron chi connectivity index (χ3n) is 5.34. The van der Waals surface area contributed by atoms with Crippen molar-refractivity contribution in [2.45, 2.75) is 38.8 Å². The topological polar surface area (TPSA) is 85.8 Å². The number of piperidine rings is 1. The minimum absolute atomic E-state index is 0. The molecule has 2 aliphatic rings. The predicted octanol–water partition coefficient (Wildman–Crippen LogP) is 2.22. The number of rotatable bonds is 4. The van der Waals surface area contributed by atoms with Crippen molar-refractivity contribution in [2.75, 3.05) is 19.6 Å². The molecule has 0 aliphatic carbocycles. The fourth-order valence-electron chi connectivity index (χ4n) is 3.69. The summed E-state index contributed by atoms with van der Waals surface area (Å²) < 4.78 is 13.0. The van der Waals surface area contributed by atoms with Gasteiger partial charge in [-0.15, -0.1) is 24.0 Å². The molecule has 1 aromatic carbocycles. The van der Waals surface area contributed by atoms with Gasteiger partial charge in [0.05, 0.1) is 6.54 Å². The Morgan fingerprint density at radius 3 is 2.46 bits per heavy atom. The fourth-order valence-corrected chi connectivity index (χ4v) is 3.69. The molecular formula is C19H27FIN5O2. The number of imide groups is 1. The molecule has 0 aromatic heterocycles. The molecule has 0 spiro atoms. The Balaban J connectivity index is 0.00000280. The number of benzene rings is 1. The zero-order chi connectivity index (χ0) is 19.4. The van der Waals surface area contributed by atoms with E-state index < -0.39 is 11.6 Å². The van der Waals surface area contributed by atoms with Crippen LogP contribution >= 0.6 is 24.0 Å². The summed E-state index contributed by atoms with van der Waals surface area (Å²) in [7, 11) is 0. The number of carbonyl (C=O) groups excluding carboxylic acids is 2. The molecule has 1 atom stereocenters. The maximum absolute atomic E-state index is 13.0. The summed E-state index contributed by atoms with van der Waals surface area (Å²) in [6, 6.07) is 5.92. The van der Waals surface area contributed by atoms with Gasteiger partial charge in [-0.1, -0.05) is 12.1 Å². The van der Waals surface area contributed by atoms with Gasteiger partial charge in [-0.2, -0.15) is 0 Å². The first kappa shape index (κ1) is 22.4. The number of halogens is 2. The quantitative estimate of drug-likeness (QED) is 0.255. The van der Waals surface area contributed by atoms with Crippen molar-refractivity contribution in [1.82, 2.24) is 20.9 Å². The zero-order valence-corrected chi connectivity index (χ0v) is 18.5. The molecule has 154 valence electrons. The van der Waals surface area contributed by atoms with E-state index in [1.165, 1.54) is 12.1 Å². The van der Waals surface area contributed by atoms with E-state index in [9.17, 15) is 14.0 Å². The Morgan fingerprint density at radius 2 is 1.93 bits per heavy atom. The fraction of sp³-hybridized carbons (Fsp3) is 0.526. The van der Waals surface area contributed by atoms with Gasteiger partial charge in [0.2, 0.25) is 0 Å². The van der Waals surface area contributed by atoms with Gasteiger partial charge in [-0.05, 0) is 50.3 Å². The van der Waals surface area contributed by atoms with E-state index in [2.05, 4.69) is 25.8 Å². The van der Waals surface area contributed by atoms with Gasteiger partial charge in [0.1, 0.15) is 11.4 Å². The van der Waals surface area contributed by atoms with Gasteiger partial charge in [0.15, 0.2) is 5.96 Å². The maximum Gasteiger partial charge on any atom is 0.322 e. The largest absolute Gasteiger partial charge is 0.357 e. The van der Waals surface area contributed by atoms with Crippen LogP contribution in [0, 0.1) is 11.7 Å². The van der Waals surface area contributed by atoms with Crippen molar-refractivity contribution >= 4 is 41.9 Å².